The summed E-state index contributed by atoms with van der Waals surface area (Å²) < 4.78 is 0. The fourth-order valence-corrected chi connectivity index (χ4v) is 4.39. The number of carboxylic acids is 1. The Labute approximate surface area is 209 Å². The smallest absolute Gasteiger partial charge is 0.326 e. The van der Waals surface area contributed by atoms with Gasteiger partial charge in [0.2, 0.25) is 11.8 Å². The number of carbonyl (C=O) groups excluding carboxylic acids is 2. The first-order chi connectivity index (χ1) is 16.5. The van der Waals surface area contributed by atoms with Gasteiger partial charge in [0.15, 0.2) is 0 Å². The van der Waals surface area contributed by atoms with E-state index in [-0.39, 0.29) is 12.3 Å². The van der Waals surface area contributed by atoms with Crippen molar-refractivity contribution in [2.24, 2.45) is 5.73 Å². The van der Waals surface area contributed by atoms with Crippen molar-refractivity contribution in [2.45, 2.75) is 161 Å². The van der Waals surface area contributed by atoms with Gasteiger partial charge in [-0.1, -0.05) is 135 Å². The summed E-state index contributed by atoms with van der Waals surface area (Å²) in [4.78, 5) is 33.7. The standard InChI is InChI=1S/C28H54N2O4/c1-2-3-4-5-6-7-8-9-10-11-12-13-14-15-16-17-18-19-20-21-22-23-27(32)30-25(28(33)34)24-26(29)31/h25H,2-24H2,1H3,(H2,29,31)(H,30,32)(H,33,34)/t25-/m0/s1. The molecule has 200 valence electrons. The maximum Gasteiger partial charge on any atom is 0.326 e. The lowest BCUT2D eigenvalue weighted by Crippen LogP contribution is -2.43. The van der Waals surface area contributed by atoms with E-state index in [9.17, 15) is 14.4 Å². The van der Waals surface area contributed by atoms with Gasteiger partial charge in [0.1, 0.15) is 6.04 Å². The zero-order valence-corrected chi connectivity index (χ0v) is 22.1. The minimum atomic E-state index is -1.23. The fraction of sp³-hybridized carbons (Fsp3) is 0.893. The molecule has 0 aromatic rings. The average Bonchev–Trinajstić information content (AvgIpc) is 2.79. The number of nitrogens with one attached hydrogen (secondary N) is 1. The van der Waals surface area contributed by atoms with Gasteiger partial charge < -0.3 is 16.2 Å². The molecule has 0 unspecified atom stereocenters. The van der Waals surface area contributed by atoms with Gasteiger partial charge in [-0.05, 0) is 6.42 Å². The first-order valence-electron chi connectivity index (χ1n) is 14.3. The molecule has 0 aliphatic carbocycles. The summed E-state index contributed by atoms with van der Waals surface area (Å²) in [6.07, 6.45) is 27.5. The van der Waals surface area contributed by atoms with Crippen molar-refractivity contribution < 1.29 is 19.5 Å². The number of carboxylic acid groups (broad SMARTS) is 1. The van der Waals surface area contributed by atoms with E-state index >= 15 is 0 Å². The molecule has 0 aliphatic rings. The van der Waals surface area contributed by atoms with Crippen LogP contribution in [0.25, 0.3) is 0 Å². The summed E-state index contributed by atoms with van der Waals surface area (Å²) in [5.41, 5.74) is 5.01. The summed E-state index contributed by atoms with van der Waals surface area (Å²) in [5, 5.41) is 11.4. The lowest BCUT2D eigenvalue weighted by Gasteiger charge is -2.12. The third kappa shape index (κ3) is 23.6. The Morgan fingerprint density at radius 2 is 0.941 bits per heavy atom. The molecular weight excluding hydrogens is 428 g/mol. The molecule has 6 heteroatoms. The van der Waals surface area contributed by atoms with Crippen LogP contribution in [0.5, 0.6) is 0 Å². The Hall–Kier alpha value is -1.59. The van der Waals surface area contributed by atoms with Crippen LogP contribution in [0, 0.1) is 0 Å². The van der Waals surface area contributed by atoms with Crippen molar-refractivity contribution in [1.82, 2.24) is 5.32 Å². The maximum atomic E-state index is 11.8. The van der Waals surface area contributed by atoms with Crippen LogP contribution in [0.15, 0.2) is 0 Å². The molecule has 0 radical (unpaired) electrons. The molecule has 0 heterocycles. The van der Waals surface area contributed by atoms with Crippen LogP contribution in [0.4, 0.5) is 0 Å². The highest BCUT2D eigenvalue weighted by Crippen LogP contribution is 2.15. The summed E-state index contributed by atoms with van der Waals surface area (Å²) >= 11 is 0. The predicted molar refractivity (Wildman–Crippen MR) is 141 cm³/mol. The summed E-state index contributed by atoms with van der Waals surface area (Å²) in [6, 6.07) is -1.22. The van der Waals surface area contributed by atoms with Gasteiger partial charge in [0.05, 0.1) is 6.42 Å². The number of hydrogen-bond acceptors (Lipinski definition) is 3. The van der Waals surface area contributed by atoms with E-state index in [1.54, 1.807) is 0 Å². The van der Waals surface area contributed by atoms with E-state index in [2.05, 4.69) is 12.2 Å². The van der Waals surface area contributed by atoms with Crippen molar-refractivity contribution in [2.75, 3.05) is 0 Å². The van der Waals surface area contributed by atoms with E-state index in [0.29, 0.717) is 6.42 Å². The van der Waals surface area contributed by atoms with Gasteiger partial charge in [-0.3, -0.25) is 9.59 Å². The normalized spacial score (nSPS) is 11.9. The summed E-state index contributed by atoms with van der Waals surface area (Å²) in [7, 11) is 0. The topological polar surface area (TPSA) is 109 Å². The second-order valence-corrected chi connectivity index (χ2v) is 9.95. The van der Waals surface area contributed by atoms with Gasteiger partial charge in [-0.2, -0.15) is 0 Å². The van der Waals surface area contributed by atoms with Crippen LogP contribution in [0.3, 0.4) is 0 Å². The van der Waals surface area contributed by atoms with E-state index in [1.165, 1.54) is 116 Å². The van der Waals surface area contributed by atoms with Gasteiger partial charge in [0, 0.05) is 6.42 Å². The van der Waals surface area contributed by atoms with E-state index in [0.717, 1.165) is 19.3 Å². The van der Waals surface area contributed by atoms with Crippen molar-refractivity contribution in [3.05, 3.63) is 0 Å². The fourth-order valence-electron chi connectivity index (χ4n) is 4.39. The Balaban J connectivity index is 3.30. The largest absolute Gasteiger partial charge is 0.480 e. The molecule has 6 nitrogen and oxygen atoms in total. The Morgan fingerprint density at radius 3 is 1.24 bits per heavy atom. The lowest BCUT2D eigenvalue weighted by molar-refractivity contribution is -0.143. The number of rotatable bonds is 26. The van der Waals surface area contributed by atoms with Crippen LogP contribution >= 0.6 is 0 Å². The third-order valence-corrected chi connectivity index (χ3v) is 6.55. The summed E-state index contributed by atoms with van der Waals surface area (Å²) in [6.45, 7) is 2.28. The number of unbranched alkanes of at least 4 members (excludes halogenated alkanes) is 20. The number of aliphatic carboxylic acids is 1. The highest BCUT2D eigenvalue weighted by molar-refractivity contribution is 5.88. The maximum absolute atomic E-state index is 11.8. The number of nitrogens with two attached hydrogens (primary N) is 1. The molecule has 0 rings (SSSR count). The average molecular weight is 483 g/mol. The first kappa shape index (κ1) is 32.4. The van der Waals surface area contributed by atoms with Crippen molar-refractivity contribution in [3.63, 3.8) is 0 Å². The molecule has 0 aromatic heterocycles. The number of primary amides is 1. The molecule has 0 spiro atoms. The van der Waals surface area contributed by atoms with E-state index < -0.39 is 17.9 Å². The molecule has 1 atom stereocenters. The molecule has 0 bridgehead atoms. The molecule has 0 saturated carbocycles. The lowest BCUT2D eigenvalue weighted by atomic mass is 10.0. The SMILES string of the molecule is CCCCCCCCCCCCCCCCCCCCCCCC(=O)N[C@@H](CC(N)=O)C(=O)O. The van der Waals surface area contributed by atoms with Crippen LogP contribution in [0.1, 0.15) is 155 Å². The molecular formula is C28H54N2O4. The molecule has 0 fully saturated rings. The number of amides is 2. The van der Waals surface area contributed by atoms with Gasteiger partial charge in [0.25, 0.3) is 0 Å². The molecule has 0 saturated heterocycles. The van der Waals surface area contributed by atoms with Gasteiger partial charge in [-0.25, -0.2) is 4.79 Å². The Morgan fingerprint density at radius 1 is 0.618 bits per heavy atom. The van der Waals surface area contributed by atoms with Crippen LogP contribution < -0.4 is 11.1 Å². The number of carbonyl (C=O) groups is 3. The zero-order valence-electron chi connectivity index (χ0n) is 22.1. The predicted octanol–water partition coefficient (Wildman–Crippen LogP) is 7.03. The minimum Gasteiger partial charge on any atom is -0.480 e. The molecule has 34 heavy (non-hydrogen) atoms. The molecule has 2 amide bonds. The first-order valence-corrected chi connectivity index (χ1v) is 14.3. The third-order valence-electron chi connectivity index (χ3n) is 6.55. The second kappa shape index (κ2) is 24.5. The highest BCUT2D eigenvalue weighted by atomic mass is 16.4. The quantitative estimate of drug-likeness (QED) is 0.115. The Kier molecular flexibility index (Phi) is 23.4. The Bertz CT molecular complexity index is 511. The summed E-state index contributed by atoms with van der Waals surface area (Å²) in [5.74, 6) is -2.29. The van der Waals surface area contributed by atoms with Crippen molar-refractivity contribution >= 4 is 17.8 Å². The van der Waals surface area contributed by atoms with Crippen LogP contribution in [-0.4, -0.2) is 28.9 Å². The van der Waals surface area contributed by atoms with Crippen LogP contribution in [-0.2, 0) is 14.4 Å². The van der Waals surface area contributed by atoms with Crippen molar-refractivity contribution in [3.8, 4) is 0 Å². The highest BCUT2D eigenvalue weighted by Gasteiger charge is 2.21. The van der Waals surface area contributed by atoms with Crippen molar-refractivity contribution in [1.29, 1.82) is 0 Å². The van der Waals surface area contributed by atoms with E-state index in [4.69, 9.17) is 10.8 Å². The van der Waals surface area contributed by atoms with Gasteiger partial charge in [-0.15, -0.1) is 0 Å². The molecule has 0 aliphatic heterocycles. The minimum absolute atomic E-state index is 0.293. The van der Waals surface area contributed by atoms with Gasteiger partial charge >= 0.3 is 5.97 Å². The van der Waals surface area contributed by atoms with Crippen LogP contribution in [0.2, 0.25) is 0 Å². The number of hydrogen-bond donors (Lipinski definition) is 3. The second-order valence-electron chi connectivity index (χ2n) is 9.95. The van der Waals surface area contributed by atoms with E-state index in [1.807, 2.05) is 0 Å². The molecule has 4 N–H and O–H groups in total. The zero-order chi connectivity index (χ0) is 25.3. The monoisotopic (exact) mass is 482 g/mol. The molecule has 0 aromatic carbocycles.